The fourth-order valence-electron chi connectivity index (χ4n) is 6.38. The van der Waals surface area contributed by atoms with E-state index >= 15 is 0 Å². The van der Waals surface area contributed by atoms with E-state index in [1.54, 1.807) is 70.5 Å². The Morgan fingerprint density at radius 1 is 0.955 bits per heavy atom. The van der Waals surface area contributed by atoms with Crippen molar-refractivity contribution < 1.29 is 32.3 Å². The summed E-state index contributed by atoms with van der Waals surface area (Å²) < 4.78 is 39.4. The quantitative estimate of drug-likeness (QED) is 0.284. The maximum Gasteiger partial charge on any atom is 0.337 e. The lowest BCUT2D eigenvalue weighted by Crippen LogP contribution is -2.58. The van der Waals surface area contributed by atoms with Crippen LogP contribution in [0.5, 0.6) is 5.75 Å². The number of esters is 1. The fourth-order valence-corrected chi connectivity index (χ4v) is 7.79. The summed E-state index contributed by atoms with van der Waals surface area (Å²) in [6, 6.07) is 15.1. The Morgan fingerprint density at radius 3 is 2.32 bits per heavy atom. The Labute approximate surface area is 255 Å². The first-order chi connectivity index (χ1) is 21.1. The molecule has 4 aromatic rings. The smallest absolute Gasteiger partial charge is 0.337 e. The zero-order valence-electron chi connectivity index (χ0n) is 24.9. The molecule has 10 nitrogen and oxygen atoms in total. The van der Waals surface area contributed by atoms with E-state index in [4.69, 9.17) is 9.47 Å². The molecule has 2 fully saturated rings. The predicted molar refractivity (Wildman–Crippen MR) is 163 cm³/mol. The van der Waals surface area contributed by atoms with Crippen molar-refractivity contribution >= 4 is 38.7 Å². The molecule has 0 saturated carbocycles. The van der Waals surface area contributed by atoms with Crippen molar-refractivity contribution in [2.24, 2.45) is 0 Å². The number of hydrogen-bond donors (Lipinski definition) is 0. The Morgan fingerprint density at radius 2 is 1.66 bits per heavy atom. The Bertz CT molecular complexity index is 1900. The molecule has 0 radical (unpaired) electrons. The van der Waals surface area contributed by atoms with Crippen LogP contribution < -0.4 is 4.74 Å². The molecule has 11 heteroatoms. The van der Waals surface area contributed by atoms with Crippen LogP contribution in [0.2, 0.25) is 0 Å². The van der Waals surface area contributed by atoms with E-state index in [0.29, 0.717) is 51.9 Å². The summed E-state index contributed by atoms with van der Waals surface area (Å²) in [7, 11) is -1.11. The molecule has 2 atom stereocenters. The van der Waals surface area contributed by atoms with E-state index in [-0.39, 0.29) is 23.3 Å². The number of methoxy groups -OCH3 is 2. The zero-order valence-corrected chi connectivity index (χ0v) is 25.8. The van der Waals surface area contributed by atoms with Gasteiger partial charge in [-0.25, -0.2) is 17.2 Å². The maximum absolute atomic E-state index is 14.1. The highest BCUT2D eigenvalue weighted by atomic mass is 32.2. The number of carbonyl (C=O) groups is 3. The number of aryl methyl sites for hydroxylation is 2. The van der Waals surface area contributed by atoms with Crippen LogP contribution in [0.15, 0.2) is 71.8 Å². The van der Waals surface area contributed by atoms with Crippen LogP contribution in [0, 0.1) is 13.8 Å². The highest BCUT2D eigenvalue weighted by Crippen LogP contribution is 2.40. The molecule has 3 aromatic carbocycles. The van der Waals surface area contributed by atoms with Crippen molar-refractivity contribution in [2.75, 3.05) is 20.8 Å². The van der Waals surface area contributed by atoms with Crippen LogP contribution in [-0.2, 0) is 30.9 Å². The number of nitrogens with zero attached hydrogens (tertiary/aromatic N) is 3. The van der Waals surface area contributed by atoms with Gasteiger partial charge in [-0.05, 0) is 74.2 Å². The molecular formula is C33H33N3O7S. The molecule has 0 aliphatic carbocycles. The summed E-state index contributed by atoms with van der Waals surface area (Å²) in [5, 5.41) is 0.603. The average molecular weight is 616 g/mol. The molecule has 2 aliphatic heterocycles. The van der Waals surface area contributed by atoms with Crippen molar-refractivity contribution in [2.45, 2.75) is 50.2 Å². The summed E-state index contributed by atoms with van der Waals surface area (Å²) >= 11 is 0. The minimum Gasteiger partial charge on any atom is -0.496 e. The molecule has 2 amide bonds. The molecule has 1 unspecified atom stereocenters. The highest BCUT2D eigenvalue weighted by molar-refractivity contribution is 7.90. The first-order valence-electron chi connectivity index (χ1n) is 14.4. The topological polar surface area (TPSA) is 115 Å². The molecule has 0 bridgehead atoms. The van der Waals surface area contributed by atoms with Gasteiger partial charge in [0.15, 0.2) is 0 Å². The molecule has 44 heavy (non-hydrogen) atoms. The fraction of sp³-hybridized carbons (Fsp3) is 0.303. The van der Waals surface area contributed by atoms with Crippen LogP contribution in [0.25, 0.3) is 10.9 Å². The van der Waals surface area contributed by atoms with Crippen LogP contribution in [0.3, 0.4) is 0 Å². The van der Waals surface area contributed by atoms with Crippen LogP contribution >= 0.6 is 0 Å². The third kappa shape index (κ3) is 4.71. The van der Waals surface area contributed by atoms with Gasteiger partial charge in [-0.15, -0.1) is 0 Å². The number of rotatable bonds is 7. The SMILES string of the molecule is COC(=O)c1ccc(C2C(=O)N3CCC[C@@H]3C(=O)N2Cc2c(OC)cc(C)c3c2ccn3S(=O)(=O)c2ccc(C)cc2)cc1. The second-order valence-electron chi connectivity index (χ2n) is 11.2. The monoisotopic (exact) mass is 615 g/mol. The van der Waals surface area contributed by atoms with Gasteiger partial charge in [0, 0.05) is 23.7 Å². The van der Waals surface area contributed by atoms with Crippen LogP contribution in [0.4, 0.5) is 0 Å². The Balaban J connectivity index is 1.47. The van der Waals surface area contributed by atoms with Gasteiger partial charge >= 0.3 is 5.97 Å². The minimum absolute atomic E-state index is 0.00682. The van der Waals surface area contributed by atoms with E-state index in [9.17, 15) is 22.8 Å². The first-order valence-corrected chi connectivity index (χ1v) is 15.8. The standard InChI is InChI=1S/C33H33N3O7S/c1-20-7-13-24(14-8-20)44(40,41)36-17-15-25-26(28(42-3)18-21(2)29(25)36)19-35-30(22-9-11-23(12-10-22)33(39)43-4)32(38)34-16-5-6-27(34)31(35)37/h7-15,17-18,27,30H,5-6,16,19H2,1-4H3/t27-,30?/m1/s1. The number of carbonyl (C=O) groups excluding carboxylic acids is 3. The van der Waals surface area contributed by atoms with E-state index in [1.807, 2.05) is 13.8 Å². The lowest BCUT2D eigenvalue weighted by atomic mass is 9.95. The second kappa shape index (κ2) is 11.1. The summed E-state index contributed by atoms with van der Waals surface area (Å²) in [6.45, 7) is 4.21. The molecule has 1 aromatic heterocycles. The molecule has 0 spiro atoms. The van der Waals surface area contributed by atoms with Gasteiger partial charge in [0.1, 0.15) is 17.8 Å². The number of hydrogen-bond acceptors (Lipinski definition) is 7. The summed E-state index contributed by atoms with van der Waals surface area (Å²) in [5.41, 5.74) is 3.57. The summed E-state index contributed by atoms with van der Waals surface area (Å²) in [6.07, 6.45) is 2.81. The van der Waals surface area contributed by atoms with Crippen molar-refractivity contribution in [1.82, 2.24) is 13.8 Å². The van der Waals surface area contributed by atoms with Gasteiger partial charge in [0.2, 0.25) is 5.91 Å². The summed E-state index contributed by atoms with van der Waals surface area (Å²) in [4.78, 5) is 43.4. The largest absolute Gasteiger partial charge is 0.496 e. The molecule has 2 saturated heterocycles. The normalized spacial score (nSPS) is 18.5. The molecule has 3 heterocycles. The lowest BCUT2D eigenvalue weighted by Gasteiger charge is -2.42. The van der Waals surface area contributed by atoms with Crippen molar-refractivity contribution in [3.63, 3.8) is 0 Å². The third-order valence-electron chi connectivity index (χ3n) is 8.62. The summed E-state index contributed by atoms with van der Waals surface area (Å²) in [5.74, 6) is -0.406. The molecular weight excluding hydrogens is 582 g/mol. The highest BCUT2D eigenvalue weighted by Gasteiger charge is 2.48. The zero-order chi connectivity index (χ0) is 31.3. The van der Waals surface area contributed by atoms with E-state index in [0.717, 1.165) is 12.0 Å². The number of fused-ring (bicyclic) bond motifs is 2. The van der Waals surface area contributed by atoms with Crippen molar-refractivity contribution in [3.8, 4) is 5.75 Å². The van der Waals surface area contributed by atoms with E-state index in [1.165, 1.54) is 24.4 Å². The van der Waals surface area contributed by atoms with E-state index < -0.39 is 28.1 Å². The van der Waals surface area contributed by atoms with Crippen molar-refractivity contribution in [3.05, 3.63) is 94.7 Å². The van der Waals surface area contributed by atoms with Gasteiger partial charge in [-0.2, -0.15) is 0 Å². The minimum atomic E-state index is -3.93. The number of benzene rings is 3. The molecule has 2 aliphatic rings. The first kappa shape index (κ1) is 29.4. The third-order valence-corrected chi connectivity index (χ3v) is 10.3. The number of amides is 2. The second-order valence-corrected chi connectivity index (χ2v) is 13.1. The predicted octanol–water partition coefficient (Wildman–Crippen LogP) is 4.36. The number of piperazine rings is 1. The van der Waals surface area contributed by atoms with Crippen molar-refractivity contribution in [1.29, 1.82) is 0 Å². The van der Waals surface area contributed by atoms with Gasteiger partial charge in [-0.1, -0.05) is 29.8 Å². The maximum atomic E-state index is 14.1. The van der Waals surface area contributed by atoms with Gasteiger partial charge in [0.05, 0.1) is 36.7 Å². The Hall–Kier alpha value is -4.64. The molecule has 0 N–H and O–H groups in total. The number of aromatic nitrogens is 1. The molecule has 6 rings (SSSR count). The lowest BCUT2D eigenvalue weighted by molar-refractivity contribution is -0.160. The average Bonchev–Trinajstić information content (AvgIpc) is 3.70. The van der Waals surface area contributed by atoms with Gasteiger partial charge in [0.25, 0.3) is 15.9 Å². The van der Waals surface area contributed by atoms with Crippen LogP contribution in [-0.4, -0.2) is 66.8 Å². The molecule has 228 valence electrons. The van der Waals surface area contributed by atoms with Crippen LogP contribution in [0.1, 0.15) is 51.5 Å². The number of ether oxygens (including phenoxy) is 2. The van der Waals surface area contributed by atoms with E-state index in [2.05, 4.69) is 0 Å². The van der Waals surface area contributed by atoms with Gasteiger partial charge in [-0.3, -0.25) is 9.59 Å². The van der Waals surface area contributed by atoms with Gasteiger partial charge < -0.3 is 19.3 Å². The Kier molecular flexibility index (Phi) is 7.44.